The molecule has 10 atom stereocenters. The van der Waals surface area contributed by atoms with E-state index in [9.17, 15) is 4.79 Å². The number of rotatable bonds is 11. The van der Waals surface area contributed by atoms with Crippen molar-refractivity contribution < 1.29 is 52.2 Å². The first-order valence-electron chi connectivity index (χ1n) is 16.2. The van der Waals surface area contributed by atoms with Crippen LogP contribution in [0, 0.1) is 5.92 Å². The monoisotopic (exact) mass is 657 g/mol. The number of methoxy groups -OCH3 is 1. The number of hydrogen-bond acceptors (Lipinski definition) is 12. The van der Waals surface area contributed by atoms with Gasteiger partial charge in [0.15, 0.2) is 17.9 Å². The summed E-state index contributed by atoms with van der Waals surface area (Å²) in [6.07, 6.45) is -4.34. The van der Waals surface area contributed by atoms with Crippen molar-refractivity contribution in [1.29, 1.82) is 0 Å². The van der Waals surface area contributed by atoms with E-state index in [0.29, 0.717) is 6.61 Å². The SMILES string of the molecule is COC(=O)[C@@H](N)[C@@H]1[C@@H](OC[C@@]23OC[C@H]4OC(C)(C)O[C@H]4[C@@H]2OC(C)(C)O3)O[C@@H](C)[C@H](OCc2ccccc2)[C@H]1OCc1ccccc1. The van der Waals surface area contributed by atoms with Crippen LogP contribution in [0.15, 0.2) is 60.7 Å². The molecule has 6 rings (SSSR count). The minimum atomic E-state index is -1.35. The zero-order chi connectivity index (χ0) is 33.4. The van der Waals surface area contributed by atoms with Crippen molar-refractivity contribution in [3.8, 4) is 0 Å². The number of nitrogens with two attached hydrogens (primary N) is 1. The third-order valence-corrected chi connectivity index (χ3v) is 9.01. The zero-order valence-electron chi connectivity index (χ0n) is 27.9. The second-order valence-electron chi connectivity index (χ2n) is 13.5. The Labute approximate surface area is 275 Å². The Hall–Kier alpha value is -2.49. The van der Waals surface area contributed by atoms with Crippen molar-refractivity contribution in [1.82, 2.24) is 0 Å². The molecule has 4 aliphatic rings. The van der Waals surface area contributed by atoms with Crippen LogP contribution in [0.2, 0.25) is 0 Å². The molecule has 0 unspecified atom stereocenters. The number of benzene rings is 2. The standard InChI is InChI=1S/C35H47NO11/c1-21-27(39-17-22-13-9-7-10-14-22)29(40-18-23-15-11-8-12-16-23)25(26(36)31(37)38-6)32(43-21)41-20-35-30(46-34(4,5)47-35)28-24(19-42-35)44-33(2,3)45-28/h7-16,21,24-30,32H,17-20,36H2,1-6H3/t21-,24+,25-,26-,27-,28+,29-,30-,32-,35-/m0/s1. The minimum absolute atomic E-state index is 0.114. The van der Waals surface area contributed by atoms with Crippen LogP contribution in [0.4, 0.5) is 0 Å². The Kier molecular flexibility index (Phi) is 10.1. The molecule has 2 N–H and O–H groups in total. The third-order valence-electron chi connectivity index (χ3n) is 9.01. The van der Waals surface area contributed by atoms with Gasteiger partial charge in [0.1, 0.15) is 37.1 Å². The number of carbonyl (C=O) groups is 1. The number of esters is 1. The highest BCUT2D eigenvalue weighted by molar-refractivity contribution is 5.76. The maximum Gasteiger partial charge on any atom is 0.323 e. The highest BCUT2D eigenvalue weighted by Gasteiger charge is 2.66. The maximum absolute atomic E-state index is 13.0. The van der Waals surface area contributed by atoms with Crippen LogP contribution >= 0.6 is 0 Å². The molecule has 12 nitrogen and oxygen atoms in total. The van der Waals surface area contributed by atoms with Crippen molar-refractivity contribution in [3.05, 3.63) is 71.8 Å². The van der Waals surface area contributed by atoms with E-state index in [4.69, 9.17) is 53.1 Å². The van der Waals surface area contributed by atoms with E-state index in [0.717, 1.165) is 11.1 Å². The fourth-order valence-corrected chi connectivity index (χ4v) is 6.95. The molecular weight excluding hydrogens is 610 g/mol. The highest BCUT2D eigenvalue weighted by atomic mass is 16.9. The van der Waals surface area contributed by atoms with Gasteiger partial charge in [-0.05, 0) is 45.7 Å². The summed E-state index contributed by atoms with van der Waals surface area (Å²) in [4.78, 5) is 13.0. The van der Waals surface area contributed by atoms with Gasteiger partial charge in [-0.1, -0.05) is 60.7 Å². The number of ether oxygens (including phenoxy) is 10. The van der Waals surface area contributed by atoms with Crippen molar-refractivity contribution >= 4 is 5.97 Å². The molecule has 12 heteroatoms. The molecule has 0 spiro atoms. The van der Waals surface area contributed by atoms with E-state index in [1.807, 2.05) is 95.3 Å². The Balaban J connectivity index is 1.28. The first-order chi connectivity index (χ1) is 22.4. The zero-order valence-corrected chi connectivity index (χ0v) is 27.9. The lowest BCUT2D eigenvalue weighted by molar-refractivity contribution is -0.343. The van der Waals surface area contributed by atoms with Crippen LogP contribution in [-0.4, -0.2) is 92.6 Å². The number of carbonyl (C=O) groups excluding carboxylic acids is 1. The Morgan fingerprint density at radius 2 is 1.49 bits per heavy atom. The summed E-state index contributed by atoms with van der Waals surface area (Å²) in [5.41, 5.74) is 8.56. The summed E-state index contributed by atoms with van der Waals surface area (Å²) in [6.45, 7) is 9.85. The lowest BCUT2D eigenvalue weighted by Gasteiger charge is -2.48. The van der Waals surface area contributed by atoms with Gasteiger partial charge < -0.3 is 53.1 Å². The average Bonchev–Trinajstić information content (AvgIpc) is 3.53. The number of hydrogen-bond donors (Lipinski definition) is 1. The molecule has 0 radical (unpaired) electrons. The maximum atomic E-state index is 13.0. The van der Waals surface area contributed by atoms with Crippen LogP contribution < -0.4 is 5.73 Å². The third kappa shape index (κ3) is 7.42. The normalized spacial score (nSPS) is 36.3. The molecule has 0 aromatic heterocycles. The summed E-state index contributed by atoms with van der Waals surface area (Å²) < 4.78 is 62.6. The van der Waals surface area contributed by atoms with Crippen molar-refractivity contribution in [3.63, 3.8) is 0 Å². The van der Waals surface area contributed by atoms with Gasteiger partial charge >= 0.3 is 5.97 Å². The summed E-state index contributed by atoms with van der Waals surface area (Å²) in [5.74, 6) is -4.63. The molecule has 4 aliphatic heterocycles. The van der Waals surface area contributed by atoms with E-state index in [2.05, 4.69) is 0 Å². The molecule has 4 saturated heterocycles. The second kappa shape index (κ2) is 13.8. The van der Waals surface area contributed by atoms with E-state index in [1.165, 1.54) is 7.11 Å². The van der Waals surface area contributed by atoms with Crippen molar-refractivity contribution in [2.45, 2.75) is 114 Å². The first kappa shape index (κ1) is 34.4. The van der Waals surface area contributed by atoms with Gasteiger partial charge in [0, 0.05) is 0 Å². The van der Waals surface area contributed by atoms with Gasteiger partial charge in [0.25, 0.3) is 0 Å². The molecule has 4 fully saturated rings. The van der Waals surface area contributed by atoms with Gasteiger partial charge in [-0.3, -0.25) is 4.79 Å². The molecule has 258 valence electrons. The van der Waals surface area contributed by atoms with Crippen molar-refractivity contribution in [2.75, 3.05) is 20.3 Å². The molecule has 0 aliphatic carbocycles. The summed E-state index contributed by atoms with van der Waals surface area (Å²) >= 11 is 0. The summed E-state index contributed by atoms with van der Waals surface area (Å²) in [6, 6.07) is 18.4. The molecule has 0 saturated carbocycles. The van der Waals surface area contributed by atoms with E-state index < -0.39 is 72.1 Å². The van der Waals surface area contributed by atoms with Crippen LogP contribution in [-0.2, 0) is 65.4 Å². The van der Waals surface area contributed by atoms with E-state index in [-0.39, 0.29) is 25.9 Å². The topological polar surface area (TPSA) is 135 Å². The lowest BCUT2D eigenvalue weighted by atomic mass is 9.85. The molecule has 4 heterocycles. The summed E-state index contributed by atoms with van der Waals surface area (Å²) in [7, 11) is 1.29. The van der Waals surface area contributed by atoms with Crippen molar-refractivity contribution in [2.24, 2.45) is 11.7 Å². The smallest absolute Gasteiger partial charge is 0.323 e. The Morgan fingerprint density at radius 3 is 2.11 bits per heavy atom. The molecular formula is C35H47NO11. The molecule has 47 heavy (non-hydrogen) atoms. The lowest BCUT2D eigenvalue weighted by Crippen LogP contribution is -2.64. The predicted octanol–water partition coefficient (Wildman–Crippen LogP) is 3.43. The van der Waals surface area contributed by atoms with E-state index in [1.54, 1.807) is 0 Å². The van der Waals surface area contributed by atoms with Gasteiger partial charge in [-0.25, -0.2) is 0 Å². The largest absolute Gasteiger partial charge is 0.468 e. The van der Waals surface area contributed by atoms with E-state index >= 15 is 0 Å². The van der Waals surface area contributed by atoms with Crippen LogP contribution in [0.25, 0.3) is 0 Å². The molecule has 2 aromatic rings. The second-order valence-corrected chi connectivity index (χ2v) is 13.5. The number of fused-ring (bicyclic) bond motifs is 3. The van der Waals surface area contributed by atoms with Crippen LogP contribution in [0.1, 0.15) is 45.7 Å². The molecule has 2 aromatic carbocycles. The molecule has 0 bridgehead atoms. The van der Waals surface area contributed by atoms with Gasteiger partial charge in [-0.15, -0.1) is 0 Å². The average molecular weight is 658 g/mol. The Morgan fingerprint density at radius 1 is 0.872 bits per heavy atom. The van der Waals surface area contributed by atoms with Gasteiger partial charge in [0.05, 0.1) is 45.1 Å². The van der Waals surface area contributed by atoms with Gasteiger partial charge in [0.2, 0.25) is 5.79 Å². The quantitative estimate of drug-likeness (QED) is 0.355. The highest BCUT2D eigenvalue weighted by Crippen LogP contribution is 2.48. The molecule has 0 amide bonds. The fourth-order valence-electron chi connectivity index (χ4n) is 6.95. The predicted molar refractivity (Wildman–Crippen MR) is 166 cm³/mol. The van der Waals surface area contributed by atoms with Crippen LogP contribution in [0.3, 0.4) is 0 Å². The Bertz CT molecular complexity index is 1340. The summed E-state index contributed by atoms with van der Waals surface area (Å²) in [5, 5.41) is 0. The van der Waals surface area contributed by atoms with Crippen LogP contribution in [0.5, 0.6) is 0 Å². The van der Waals surface area contributed by atoms with Gasteiger partial charge in [-0.2, -0.15) is 0 Å². The first-order valence-corrected chi connectivity index (χ1v) is 16.2. The fraction of sp³-hybridized carbons (Fsp3) is 0.629. The minimum Gasteiger partial charge on any atom is -0.468 e.